The number of benzene rings is 1. The van der Waals surface area contributed by atoms with Crippen molar-refractivity contribution in [1.29, 1.82) is 0 Å². The quantitative estimate of drug-likeness (QED) is 0.750. The number of nitrogens with zero attached hydrogens (tertiary/aromatic N) is 2. The molecule has 0 saturated carbocycles. The molecule has 0 unspecified atom stereocenters. The smallest absolute Gasteiger partial charge is 0.206 e. The Morgan fingerprint density at radius 3 is 2.83 bits per heavy atom. The van der Waals surface area contributed by atoms with Gasteiger partial charge >= 0.3 is 0 Å². The Morgan fingerprint density at radius 2 is 2.17 bits per heavy atom. The van der Waals surface area contributed by atoms with Crippen LogP contribution in [0.5, 0.6) is 5.75 Å². The first-order valence-electron chi connectivity index (χ1n) is 5.54. The minimum atomic E-state index is 0.535. The van der Waals surface area contributed by atoms with Crippen LogP contribution in [0.4, 0.5) is 5.69 Å². The van der Waals surface area contributed by atoms with Crippen molar-refractivity contribution in [2.24, 2.45) is 7.05 Å². The second-order valence-corrected chi connectivity index (χ2v) is 4.12. The van der Waals surface area contributed by atoms with E-state index in [1.807, 2.05) is 35.9 Å². The molecule has 0 atom stereocenters. The highest BCUT2D eigenvalue weighted by Gasteiger charge is 2.14. The number of fused-ring (bicyclic) bond motifs is 1. The van der Waals surface area contributed by atoms with Gasteiger partial charge in [-0.05, 0) is 18.2 Å². The normalized spacial score (nSPS) is 11.0. The molecule has 0 radical (unpaired) electrons. The second-order valence-electron chi connectivity index (χ2n) is 4.12. The van der Waals surface area contributed by atoms with E-state index in [4.69, 9.17) is 15.0 Å². The highest BCUT2D eigenvalue weighted by molar-refractivity contribution is 5.88. The maximum Gasteiger partial charge on any atom is 0.206 e. The van der Waals surface area contributed by atoms with Gasteiger partial charge in [0, 0.05) is 18.5 Å². The van der Waals surface area contributed by atoms with Gasteiger partial charge in [0.2, 0.25) is 5.76 Å². The lowest BCUT2D eigenvalue weighted by molar-refractivity contribution is 0.415. The average molecular weight is 243 g/mol. The van der Waals surface area contributed by atoms with Gasteiger partial charge in [-0.2, -0.15) is 0 Å². The third-order valence-electron chi connectivity index (χ3n) is 3.08. The molecule has 2 aromatic heterocycles. The lowest BCUT2D eigenvalue weighted by Gasteiger charge is -2.03. The summed E-state index contributed by atoms with van der Waals surface area (Å²) in [6, 6.07) is 7.93. The standard InChI is InChI=1S/C13H13N3O2/c1-16-11-6-9(17-2)4-3-8(11)5-12(16)13-10(14)7-15-18-13/h3-7H,14H2,1-2H3. The van der Waals surface area contributed by atoms with Gasteiger partial charge < -0.3 is 19.6 Å². The van der Waals surface area contributed by atoms with Crippen LogP contribution < -0.4 is 10.5 Å². The number of nitrogen functional groups attached to an aromatic ring is 1. The topological polar surface area (TPSA) is 66.2 Å². The first-order valence-corrected chi connectivity index (χ1v) is 5.54. The lowest BCUT2D eigenvalue weighted by atomic mass is 10.2. The molecule has 1 aromatic carbocycles. The maximum absolute atomic E-state index is 5.83. The summed E-state index contributed by atoms with van der Waals surface area (Å²) in [5.74, 6) is 1.41. The van der Waals surface area contributed by atoms with Crippen molar-refractivity contribution >= 4 is 16.6 Å². The van der Waals surface area contributed by atoms with Crippen molar-refractivity contribution in [2.45, 2.75) is 0 Å². The molecule has 5 nitrogen and oxygen atoms in total. The predicted octanol–water partition coefficient (Wildman–Crippen LogP) is 2.42. The van der Waals surface area contributed by atoms with Crippen molar-refractivity contribution in [1.82, 2.24) is 9.72 Å². The van der Waals surface area contributed by atoms with Gasteiger partial charge in [-0.25, -0.2) is 0 Å². The van der Waals surface area contributed by atoms with Gasteiger partial charge in [0.05, 0.1) is 24.5 Å². The molecule has 18 heavy (non-hydrogen) atoms. The Bertz CT molecular complexity index is 712. The van der Waals surface area contributed by atoms with E-state index < -0.39 is 0 Å². The van der Waals surface area contributed by atoms with Crippen LogP contribution in [0.2, 0.25) is 0 Å². The van der Waals surface area contributed by atoms with E-state index in [-0.39, 0.29) is 0 Å². The SMILES string of the molecule is COc1ccc2cc(-c3oncc3N)n(C)c2c1. The Kier molecular flexibility index (Phi) is 2.26. The van der Waals surface area contributed by atoms with E-state index >= 15 is 0 Å². The second kappa shape index (κ2) is 3.80. The third kappa shape index (κ3) is 1.44. The number of aryl methyl sites for hydroxylation is 1. The van der Waals surface area contributed by atoms with E-state index in [1.165, 1.54) is 6.20 Å². The van der Waals surface area contributed by atoms with Gasteiger partial charge in [-0.1, -0.05) is 5.16 Å². The Hall–Kier alpha value is -2.43. The molecule has 0 aliphatic carbocycles. The van der Waals surface area contributed by atoms with Crippen molar-refractivity contribution in [3.8, 4) is 17.2 Å². The van der Waals surface area contributed by atoms with Crippen molar-refractivity contribution in [3.63, 3.8) is 0 Å². The summed E-state index contributed by atoms with van der Waals surface area (Å²) in [4.78, 5) is 0. The van der Waals surface area contributed by atoms with Gasteiger partial charge in [0.1, 0.15) is 11.4 Å². The Morgan fingerprint density at radius 1 is 1.33 bits per heavy atom. The fourth-order valence-corrected chi connectivity index (χ4v) is 2.10. The number of aromatic nitrogens is 2. The number of hydrogen-bond acceptors (Lipinski definition) is 4. The molecule has 0 aliphatic heterocycles. The number of rotatable bonds is 2. The first kappa shape index (κ1) is 10.7. The molecule has 2 heterocycles. The largest absolute Gasteiger partial charge is 0.497 e. The van der Waals surface area contributed by atoms with E-state index in [0.717, 1.165) is 22.3 Å². The molecule has 3 aromatic rings. The summed E-state index contributed by atoms with van der Waals surface area (Å²) in [5, 5.41) is 4.81. The molecule has 5 heteroatoms. The molecule has 0 spiro atoms. The lowest BCUT2D eigenvalue weighted by Crippen LogP contribution is -1.93. The summed E-state index contributed by atoms with van der Waals surface area (Å²) in [6.45, 7) is 0. The number of methoxy groups -OCH3 is 1. The molecule has 0 aliphatic rings. The molecule has 3 rings (SSSR count). The minimum absolute atomic E-state index is 0.535. The number of nitrogens with two attached hydrogens (primary N) is 1. The van der Waals surface area contributed by atoms with Crippen LogP contribution in [0.3, 0.4) is 0 Å². The summed E-state index contributed by atoms with van der Waals surface area (Å²) in [6.07, 6.45) is 1.51. The summed E-state index contributed by atoms with van der Waals surface area (Å²) >= 11 is 0. The first-order chi connectivity index (χ1) is 8.70. The Labute approximate surface area is 104 Å². The predicted molar refractivity (Wildman–Crippen MR) is 69.4 cm³/mol. The molecule has 2 N–H and O–H groups in total. The summed E-state index contributed by atoms with van der Waals surface area (Å²) < 4.78 is 12.4. The number of ether oxygens (including phenoxy) is 1. The van der Waals surface area contributed by atoms with E-state index in [9.17, 15) is 0 Å². The van der Waals surface area contributed by atoms with Crippen LogP contribution in [0.15, 0.2) is 35.0 Å². The van der Waals surface area contributed by atoms with Gasteiger partial charge in [0.25, 0.3) is 0 Å². The molecular weight excluding hydrogens is 230 g/mol. The highest BCUT2D eigenvalue weighted by Crippen LogP contribution is 2.32. The Balaban J connectivity index is 2.26. The maximum atomic E-state index is 5.83. The van der Waals surface area contributed by atoms with E-state index in [0.29, 0.717) is 11.4 Å². The van der Waals surface area contributed by atoms with E-state index in [2.05, 4.69) is 5.16 Å². The van der Waals surface area contributed by atoms with Crippen LogP contribution in [-0.2, 0) is 7.05 Å². The monoisotopic (exact) mass is 243 g/mol. The molecular formula is C13H13N3O2. The summed E-state index contributed by atoms with van der Waals surface area (Å²) in [5.41, 5.74) is 8.31. The van der Waals surface area contributed by atoms with Crippen LogP contribution in [0, 0.1) is 0 Å². The number of hydrogen-bond donors (Lipinski definition) is 1. The fourth-order valence-electron chi connectivity index (χ4n) is 2.10. The third-order valence-corrected chi connectivity index (χ3v) is 3.08. The average Bonchev–Trinajstić information content (AvgIpc) is 2.93. The van der Waals surface area contributed by atoms with Gasteiger partial charge in [-0.3, -0.25) is 0 Å². The zero-order valence-electron chi connectivity index (χ0n) is 10.2. The van der Waals surface area contributed by atoms with Crippen molar-refractivity contribution < 1.29 is 9.26 Å². The number of anilines is 1. The fraction of sp³-hybridized carbons (Fsp3) is 0.154. The van der Waals surface area contributed by atoms with Gasteiger partial charge in [0.15, 0.2) is 0 Å². The molecule has 92 valence electrons. The highest BCUT2D eigenvalue weighted by atomic mass is 16.5. The van der Waals surface area contributed by atoms with Crippen LogP contribution in [0.25, 0.3) is 22.4 Å². The minimum Gasteiger partial charge on any atom is -0.497 e. The van der Waals surface area contributed by atoms with Crippen molar-refractivity contribution in [2.75, 3.05) is 12.8 Å². The molecule has 0 saturated heterocycles. The van der Waals surface area contributed by atoms with Crippen molar-refractivity contribution in [3.05, 3.63) is 30.5 Å². The van der Waals surface area contributed by atoms with Gasteiger partial charge in [-0.15, -0.1) is 0 Å². The zero-order chi connectivity index (χ0) is 12.7. The summed E-state index contributed by atoms with van der Waals surface area (Å²) in [7, 11) is 3.61. The van der Waals surface area contributed by atoms with Crippen LogP contribution in [0.1, 0.15) is 0 Å². The molecule has 0 bridgehead atoms. The van der Waals surface area contributed by atoms with Crippen LogP contribution >= 0.6 is 0 Å². The van der Waals surface area contributed by atoms with Crippen LogP contribution in [-0.4, -0.2) is 16.8 Å². The zero-order valence-corrected chi connectivity index (χ0v) is 10.2. The van der Waals surface area contributed by atoms with E-state index in [1.54, 1.807) is 7.11 Å². The molecule has 0 fully saturated rings. The molecule has 0 amide bonds.